The van der Waals surface area contributed by atoms with Crippen LogP contribution in [0.3, 0.4) is 0 Å². The van der Waals surface area contributed by atoms with Gasteiger partial charge in [0.1, 0.15) is 6.17 Å². The Hall–Kier alpha value is -0.600. The molecule has 1 atom stereocenters. The number of carbonyl (C=O) groups is 1. The van der Waals surface area contributed by atoms with E-state index in [1.165, 1.54) is 0 Å². The normalized spacial score (nSPS) is 25.4. The Labute approximate surface area is 60.0 Å². The van der Waals surface area contributed by atoms with Crippen LogP contribution in [0.1, 0.15) is 19.8 Å². The molecular formula is C7H12FNO. The monoisotopic (exact) mass is 145 g/mol. The molecular weight excluding hydrogens is 133 g/mol. The molecule has 0 aliphatic carbocycles. The van der Waals surface area contributed by atoms with Crippen LogP contribution in [0.25, 0.3) is 0 Å². The molecule has 0 saturated carbocycles. The van der Waals surface area contributed by atoms with Crippen LogP contribution < -0.4 is 0 Å². The van der Waals surface area contributed by atoms with E-state index in [9.17, 15) is 9.18 Å². The SMILES string of the molecule is CCC(=O)N1CC[C@@H](F)C1. The summed E-state index contributed by atoms with van der Waals surface area (Å²) in [6.07, 6.45) is 0.230. The van der Waals surface area contributed by atoms with Crippen LogP contribution in [0.5, 0.6) is 0 Å². The van der Waals surface area contributed by atoms with Crippen LogP contribution in [-0.4, -0.2) is 30.1 Å². The van der Waals surface area contributed by atoms with Gasteiger partial charge in [-0.3, -0.25) is 4.79 Å². The highest BCUT2D eigenvalue weighted by atomic mass is 19.1. The maximum Gasteiger partial charge on any atom is 0.222 e. The average Bonchev–Trinajstić information content (AvgIpc) is 2.34. The zero-order valence-corrected chi connectivity index (χ0v) is 6.14. The molecule has 1 aliphatic heterocycles. The number of hydrogen-bond acceptors (Lipinski definition) is 1. The number of alkyl halides is 1. The van der Waals surface area contributed by atoms with Crippen LogP contribution in [0.2, 0.25) is 0 Å². The standard InChI is InChI=1S/C7H12FNO/c1-2-7(10)9-4-3-6(8)5-9/h6H,2-5H2,1H3/t6-/m1/s1. The van der Waals surface area contributed by atoms with Gasteiger partial charge in [-0.15, -0.1) is 0 Å². The molecule has 58 valence electrons. The third-order valence-corrected chi connectivity index (χ3v) is 1.79. The molecule has 1 saturated heterocycles. The molecule has 1 amide bonds. The van der Waals surface area contributed by atoms with Crippen molar-refractivity contribution in [3.63, 3.8) is 0 Å². The molecule has 0 spiro atoms. The average molecular weight is 145 g/mol. The van der Waals surface area contributed by atoms with Crippen molar-refractivity contribution in [2.75, 3.05) is 13.1 Å². The molecule has 3 heteroatoms. The Morgan fingerprint density at radius 1 is 1.80 bits per heavy atom. The Kier molecular flexibility index (Phi) is 2.25. The zero-order chi connectivity index (χ0) is 7.56. The Bertz CT molecular complexity index is 138. The minimum atomic E-state index is -0.782. The largest absolute Gasteiger partial charge is 0.340 e. The first-order valence-electron chi connectivity index (χ1n) is 3.66. The van der Waals surface area contributed by atoms with E-state index in [1.54, 1.807) is 11.8 Å². The Balaban J connectivity index is 2.37. The first kappa shape index (κ1) is 7.51. The van der Waals surface area contributed by atoms with Crippen LogP contribution >= 0.6 is 0 Å². The molecule has 0 aromatic rings. The second kappa shape index (κ2) is 2.99. The maximum atomic E-state index is 12.5. The predicted octanol–water partition coefficient (Wildman–Crippen LogP) is 0.967. The topological polar surface area (TPSA) is 20.3 Å². The van der Waals surface area contributed by atoms with E-state index in [0.717, 1.165) is 0 Å². The lowest BCUT2D eigenvalue weighted by Gasteiger charge is -2.12. The molecule has 2 nitrogen and oxygen atoms in total. The van der Waals surface area contributed by atoms with Gasteiger partial charge in [0.15, 0.2) is 0 Å². The van der Waals surface area contributed by atoms with Gasteiger partial charge in [0.25, 0.3) is 0 Å². The number of amides is 1. The Morgan fingerprint density at radius 3 is 2.90 bits per heavy atom. The molecule has 1 rings (SSSR count). The molecule has 1 aliphatic rings. The summed E-state index contributed by atoms with van der Waals surface area (Å²) in [6, 6.07) is 0. The van der Waals surface area contributed by atoms with Crippen LogP contribution in [0.15, 0.2) is 0 Å². The van der Waals surface area contributed by atoms with E-state index in [-0.39, 0.29) is 5.91 Å². The van der Waals surface area contributed by atoms with Crippen molar-refractivity contribution >= 4 is 5.91 Å². The number of halogens is 1. The van der Waals surface area contributed by atoms with Crippen molar-refractivity contribution in [2.45, 2.75) is 25.9 Å². The van der Waals surface area contributed by atoms with Gasteiger partial charge in [0.2, 0.25) is 5.91 Å². The molecule has 0 unspecified atom stereocenters. The highest BCUT2D eigenvalue weighted by Gasteiger charge is 2.24. The van der Waals surface area contributed by atoms with Gasteiger partial charge in [0.05, 0.1) is 6.54 Å². The molecule has 1 heterocycles. The fourth-order valence-electron chi connectivity index (χ4n) is 1.17. The van der Waals surface area contributed by atoms with E-state index < -0.39 is 6.17 Å². The molecule has 0 aromatic carbocycles. The Morgan fingerprint density at radius 2 is 2.50 bits per heavy atom. The highest BCUT2D eigenvalue weighted by molar-refractivity contribution is 5.76. The molecule has 10 heavy (non-hydrogen) atoms. The number of likely N-dealkylation sites (tertiary alicyclic amines) is 1. The predicted molar refractivity (Wildman–Crippen MR) is 36.4 cm³/mol. The molecule has 0 radical (unpaired) electrons. The fourth-order valence-corrected chi connectivity index (χ4v) is 1.17. The lowest BCUT2D eigenvalue weighted by atomic mass is 10.3. The van der Waals surface area contributed by atoms with E-state index in [4.69, 9.17) is 0 Å². The van der Waals surface area contributed by atoms with Gasteiger partial charge in [-0.25, -0.2) is 4.39 Å². The van der Waals surface area contributed by atoms with Gasteiger partial charge in [0, 0.05) is 13.0 Å². The van der Waals surface area contributed by atoms with E-state index in [1.807, 2.05) is 0 Å². The summed E-state index contributed by atoms with van der Waals surface area (Å²) < 4.78 is 12.5. The first-order valence-corrected chi connectivity index (χ1v) is 3.66. The van der Waals surface area contributed by atoms with Crippen molar-refractivity contribution in [3.8, 4) is 0 Å². The summed E-state index contributed by atoms with van der Waals surface area (Å²) >= 11 is 0. The summed E-state index contributed by atoms with van der Waals surface area (Å²) in [6.45, 7) is 2.72. The summed E-state index contributed by atoms with van der Waals surface area (Å²) in [5, 5.41) is 0. The number of hydrogen-bond donors (Lipinski definition) is 0. The lowest BCUT2D eigenvalue weighted by Crippen LogP contribution is -2.27. The summed E-state index contributed by atoms with van der Waals surface area (Å²) in [7, 11) is 0. The van der Waals surface area contributed by atoms with Crippen molar-refractivity contribution in [2.24, 2.45) is 0 Å². The van der Waals surface area contributed by atoms with Crippen LogP contribution in [-0.2, 0) is 4.79 Å². The van der Waals surface area contributed by atoms with Crippen molar-refractivity contribution < 1.29 is 9.18 Å². The van der Waals surface area contributed by atoms with Gasteiger partial charge < -0.3 is 4.90 Å². The third kappa shape index (κ3) is 1.46. The summed E-state index contributed by atoms with van der Waals surface area (Å²) in [4.78, 5) is 12.5. The maximum absolute atomic E-state index is 12.5. The second-order valence-corrected chi connectivity index (χ2v) is 2.58. The third-order valence-electron chi connectivity index (χ3n) is 1.79. The van der Waals surface area contributed by atoms with Crippen LogP contribution in [0.4, 0.5) is 4.39 Å². The smallest absolute Gasteiger partial charge is 0.222 e. The highest BCUT2D eigenvalue weighted by Crippen LogP contribution is 2.12. The molecule has 1 fully saturated rings. The second-order valence-electron chi connectivity index (χ2n) is 2.58. The lowest BCUT2D eigenvalue weighted by molar-refractivity contribution is -0.129. The van der Waals surface area contributed by atoms with Crippen molar-refractivity contribution in [1.29, 1.82) is 0 Å². The van der Waals surface area contributed by atoms with Crippen molar-refractivity contribution in [1.82, 2.24) is 4.90 Å². The van der Waals surface area contributed by atoms with Gasteiger partial charge in [-0.05, 0) is 6.42 Å². The van der Waals surface area contributed by atoms with Gasteiger partial charge in [-0.2, -0.15) is 0 Å². The summed E-state index contributed by atoms with van der Waals surface area (Å²) in [5.74, 6) is 0.0696. The molecule has 0 bridgehead atoms. The van der Waals surface area contributed by atoms with Crippen molar-refractivity contribution in [3.05, 3.63) is 0 Å². The number of rotatable bonds is 1. The number of carbonyl (C=O) groups excluding carboxylic acids is 1. The molecule has 0 N–H and O–H groups in total. The van der Waals surface area contributed by atoms with Gasteiger partial charge >= 0.3 is 0 Å². The minimum Gasteiger partial charge on any atom is -0.340 e. The first-order chi connectivity index (χ1) is 4.74. The van der Waals surface area contributed by atoms with Gasteiger partial charge in [-0.1, -0.05) is 6.92 Å². The summed E-state index contributed by atoms with van der Waals surface area (Å²) in [5.41, 5.74) is 0. The minimum absolute atomic E-state index is 0.0696. The van der Waals surface area contributed by atoms with E-state index >= 15 is 0 Å². The van der Waals surface area contributed by atoms with E-state index in [0.29, 0.717) is 25.9 Å². The molecule has 0 aromatic heterocycles. The van der Waals surface area contributed by atoms with E-state index in [2.05, 4.69) is 0 Å². The zero-order valence-electron chi connectivity index (χ0n) is 6.14. The quantitative estimate of drug-likeness (QED) is 0.538. The number of nitrogens with zero attached hydrogens (tertiary/aromatic N) is 1. The fraction of sp³-hybridized carbons (Fsp3) is 0.857. The van der Waals surface area contributed by atoms with Crippen LogP contribution in [0, 0.1) is 0 Å².